The highest BCUT2D eigenvalue weighted by Crippen LogP contribution is 2.23. The average Bonchev–Trinajstić information content (AvgIpc) is 2.35. The van der Waals surface area contributed by atoms with Gasteiger partial charge in [0.15, 0.2) is 0 Å². The number of carbonyl (C=O) groups is 1. The van der Waals surface area contributed by atoms with Gasteiger partial charge in [0.25, 0.3) is 10.2 Å². The van der Waals surface area contributed by atoms with Crippen LogP contribution in [0.1, 0.15) is 39.0 Å². The Morgan fingerprint density at radius 2 is 1.84 bits per heavy atom. The van der Waals surface area contributed by atoms with Crippen LogP contribution in [0.25, 0.3) is 0 Å². The van der Waals surface area contributed by atoms with E-state index >= 15 is 0 Å². The lowest BCUT2D eigenvalue weighted by Gasteiger charge is -2.31. The van der Waals surface area contributed by atoms with Gasteiger partial charge in [0.2, 0.25) is 0 Å². The molecule has 0 unspecified atom stereocenters. The zero-order chi connectivity index (χ0) is 14.6. The van der Waals surface area contributed by atoms with Crippen molar-refractivity contribution in [2.75, 3.05) is 7.05 Å². The average molecular weight is 294 g/mol. The smallest absolute Gasteiger partial charge is 0.324 e. The Bertz CT molecular complexity index is 403. The van der Waals surface area contributed by atoms with Crippen LogP contribution < -0.4 is 4.72 Å². The van der Waals surface area contributed by atoms with E-state index in [1.54, 1.807) is 0 Å². The van der Waals surface area contributed by atoms with Gasteiger partial charge in [-0.3, -0.25) is 4.79 Å². The summed E-state index contributed by atoms with van der Waals surface area (Å²) in [7, 11) is -2.46. The van der Waals surface area contributed by atoms with E-state index in [-0.39, 0.29) is 6.04 Å². The Morgan fingerprint density at radius 1 is 1.32 bits per heavy atom. The molecule has 0 spiro atoms. The van der Waals surface area contributed by atoms with E-state index in [9.17, 15) is 18.3 Å². The molecule has 0 aromatic heterocycles. The fourth-order valence-electron chi connectivity index (χ4n) is 2.24. The van der Waals surface area contributed by atoms with Crippen LogP contribution in [-0.4, -0.2) is 54.1 Å². The van der Waals surface area contributed by atoms with E-state index < -0.39 is 28.3 Å². The van der Waals surface area contributed by atoms with Gasteiger partial charge in [-0.1, -0.05) is 19.3 Å². The Labute approximate surface area is 113 Å². The number of hydrogen-bond acceptors (Lipinski definition) is 4. The minimum absolute atomic E-state index is 0.102. The third-order valence-corrected chi connectivity index (χ3v) is 5.10. The van der Waals surface area contributed by atoms with E-state index in [1.807, 2.05) is 4.72 Å². The lowest BCUT2D eigenvalue weighted by atomic mass is 9.96. The second-order valence-electron chi connectivity index (χ2n) is 4.99. The summed E-state index contributed by atoms with van der Waals surface area (Å²) >= 11 is 0. The van der Waals surface area contributed by atoms with Crippen molar-refractivity contribution in [3.63, 3.8) is 0 Å². The molecule has 112 valence electrons. The molecule has 1 rings (SSSR count). The zero-order valence-electron chi connectivity index (χ0n) is 11.2. The van der Waals surface area contributed by atoms with Gasteiger partial charge in [-0.05, 0) is 19.8 Å². The molecule has 2 atom stereocenters. The molecule has 0 bridgehead atoms. The van der Waals surface area contributed by atoms with Crippen molar-refractivity contribution in [1.82, 2.24) is 9.03 Å². The number of carboxylic acids is 1. The summed E-state index contributed by atoms with van der Waals surface area (Å²) in [5.74, 6) is -1.39. The highest BCUT2D eigenvalue weighted by molar-refractivity contribution is 7.87. The molecule has 0 saturated heterocycles. The summed E-state index contributed by atoms with van der Waals surface area (Å²) in [5.41, 5.74) is 0. The van der Waals surface area contributed by atoms with Crippen molar-refractivity contribution in [3.8, 4) is 0 Å². The van der Waals surface area contributed by atoms with E-state index in [0.29, 0.717) is 0 Å². The third kappa shape index (κ3) is 4.41. The summed E-state index contributed by atoms with van der Waals surface area (Å²) in [6.07, 6.45) is 3.32. The second-order valence-corrected chi connectivity index (χ2v) is 6.75. The summed E-state index contributed by atoms with van der Waals surface area (Å²) < 4.78 is 27.4. The summed E-state index contributed by atoms with van der Waals surface area (Å²) in [6.45, 7) is 1.24. The third-order valence-electron chi connectivity index (χ3n) is 3.49. The molecule has 3 N–H and O–H groups in total. The van der Waals surface area contributed by atoms with E-state index in [4.69, 9.17) is 5.11 Å². The number of hydrogen-bond donors (Lipinski definition) is 3. The van der Waals surface area contributed by atoms with Crippen LogP contribution in [0.4, 0.5) is 0 Å². The van der Waals surface area contributed by atoms with Gasteiger partial charge in [0, 0.05) is 13.1 Å². The maximum Gasteiger partial charge on any atom is 0.324 e. The number of nitrogens with one attached hydrogen (secondary N) is 1. The number of carboxylic acid groups (broad SMARTS) is 1. The Hall–Kier alpha value is -0.700. The molecule has 0 aromatic rings. The monoisotopic (exact) mass is 294 g/mol. The largest absolute Gasteiger partial charge is 0.480 e. The topological polar surface area (TPSA) is 107 Å². The van der Waals surface area contributed by atoms with Gasteiger partial charge in [0.1, 0.15) is 6.04 Å². The quantitative estimate of drug-likeness (QED) is 0.635. The molecule has 1 saturated carbocycles. The molecule has 0 radical (unpaired) electrons. The van der Waals surface area contributed by atoms with Gasteiger partial charge in [-0.2, -0.15) is 17.4 Å². The predicted octanol–water partition coefficient (Wildman–Crippen LogP) is -0.0807. The van der Waals surface area contributed by atoms with E-state index in [1.165, 1.54) is 18.3 Å². The highest BCUT2D eigenvalue weighted by Gasteiger charge is 2.33. The summed E-state index contributed by atoms with van der Waals surface area (Å²) in [5, 5.41) is 18.2. The molecule has 19 heavy (non-hydrogen) atoms. The first-order valence-electron chi connectivity index (χ1n) is 6.42. The van der Waals surface area contributed by atoms with Gasteiger partial charge >= 0.3 is 5.97 Å². The Kier molecular flexibility index (Phi) is 5.72. The first-order valence-corrected chi connectivity index (χ1v) is 7.86. The minimum Gasteiger partial charge on any atom is -0.480 e. The van der Waals surface area contributed by atoms with Crippen LogP contribution in [0.5, 0.6) is 0 Å². The molecule has 0 aliphatic heterocycles. The molecule has 8 heteroatoms. The van der Waals surface area contributed by atoms with Crippen molar-refractivity contribution < 1.29 is 23.4 Å². The maximum atomic E-state index is 12.1. The van der Waals surface area contributed by atoms with Crippen LogP contribution in [0.3, 0.4) is 0 Å². The SMILES string of the molecule is C[C@@H](O)[C@H](NS(=O)(=O)N(C)C1CCCCC1)C(=O)O. The number of aliphatic hydroxyl groups is 1. The number of aliphatic carboxylic acids is 1. The maximum absolute atomic E-state index is 12.1. The van der Waals surface area contributed by atoms with Crippen LogP contribution in [0.15, 0.2) is 0 Å². The lowest BCUT2D eigenvalue weighted by Crippen LogP contribution is -2.53. The standard InChI is InChI=1S/C11H22N2O5S/c1-8(14)10(11(15)16)12-19(17,18)13(2)9-6-4-3-5-7-9/h8-10,12,14H,3-7H2,1-2H3,(H,15,16)/t8-,10+/m1/s1. The van der Waals surface area contributed by atoms with E-state index in [0.717, 1.165) is 32.1 Å². The molecular weight excluding hydrogens is 272 g/mol. The van der Waals surface area contributed by atoms with Crippen molar-refractivity contribution in [1.29, 1.82) is 0 Å². The highest BCUT2D eigenvalue weighted by atomic mass is 32.2. The number of rotatable bonds is 6. The molecule has 1 fully saturated rings. The lowest BCUT2D eigenvalue weighted by molar-refractivity contribution is -0.141. The molecule has 1 aliphatic carbocycles. The van der Waals surface area contributed by atoms with Crippen LogP contribution in [-0.2, 0) is 15.0 Å². The Morgan fingerprint density at radius 3 is 2.26 bits per heavy atom. The van der Waals surface area contributed by atoms with Gasteiger partial charge in [-0.25, -0.2) is 0 Å². The summed E-state index contributed by atoms with van der Waals surface area (Å²) in [4.78, 5) is 10.9. The molecular formula is C11H22N2O5S. The number of aliphatic hydroxyl groups excluding tert-OH is 1. The second kappa shape index (κ2) is 6.65. The van der Waals surface area contributed by atoms with Crippen LogP contribution in [0, 0.1) is 0 Å². The van der Waals surface area contributed by atoms with Crippen LogP contribution >= 0.6 is 0 Å². The molecule has 0 amide bonds. The molecule has 1 aliphatic rings. The molecule has 0 heterocycles. The van der Waals surface area contributed by atoms with Gasteiger partial charge < -0.3 is 10.2 Å². The summed E-state index contributed by atoms with van der Waals surface area (Å²) in [6, 6.07) is -1.63. The van der Waals surface area contributed by atoms with Crippen molar-refractivity contribution in [2.45, 2.75) is 57.2 Å². The molecule has 7 nitrogen and oxygen atoms in total. The first-order chi connectivity index (χ1) is 8.75. The number of nitrogens with zero attached hydrogens (tertiary/aromatic N) is 1. The first kappa shape index (κ1) is 16.4. The normalized spacial score (nSPS) is 21.3. The Balaban J connectivity index is 2.75. The van der Waals surface area contributed by atoms with E-state index in [2.05, 4.69) is 0 Å². The van der Waals surface area contributed by atoms with Crippen molar-refractivity contribution in [3.05, 3.63) is 0 Å². The zero-order valence-corrected chi connectivity index (χ0v) is 12.1. The van der Waals surface area contributed by atoms with Crippen molar-refractivity contribution in [2.24, 2.45) is 0 Å². The molecule has 0 aromatic carbocycles. The fraction of sp³-hybridized carbons (Fsp3) is 0.909. The minimum atomic E-state index is -3.91. The van der Waals surface area contributed by atoms with Gasteiger partial charge in [-0.15, -0.1) is 0 Å². The fourth-order valence-corrected chi connectivity index (χ4v) is 3.63. The van der Waals surface area contributed by atoms with Crippen molar-refractivity contribution >= 4 is 16.2 Å². The van der Waals surface area contributed by atoms with Crippen LogP contribution in [0.2, 0.25) is 0 Å². The predicted molar refractivity (Wildman–Crippen MR) is 69.8 cm³/mol. The van der Waals surface area contributed by atoms with Gasteiger partial charge in [0.05, 0.1) is 6.10 Å².